The first-order chi connectivity index (χ1) is 21.7. The van der Waals surface area contributed by atoms with Crippen molar-refractivity contribution >= 4 is 34.5 Å². The predicted molar refractivity (Wildman–Crippen MR) is 172 cm³/mol. The lowest BCUT2D eigenvalue weighted by atomic mass is 9.91. The topological polar surface area (TPSA) is 117 Å². The molecular formula is C34H38ClFN4O5. The zero-order chi connectivity index (χ0) is 32.1. The molecule has 3 N–H and O–H groups in total. The van der Waals surface area contributed by atoms with Crippen molar-refractivity contribution in [1.29, 1.82) is 0 Å². The molecule has 2 aromatic heterocycles. The summed E-state index contributed by atoms with van der Waals surface area (Å²) in [6.07, 6.45) is 3.14. The zero-order valence-corrected chi connectivity index (χ0v) is 26.2. The number of carboxylic acid groups (broad SMARTS) is 1. The van der Waals surface area contributed by atoms with Crippen LogP contribution in [0.2, 0.25) is 5.02 Å². The van der Waals surface area contributed by atoms with Crippen LogP contribution in [0.25, 0.3) is 22.0 Å². The van der Waals surface area contributed by atoms with E-state index in [-0.39, 0.29) is 29.6 Å². The highest BCUT2D eigenvalue weighted by Gasteiger charge is 2.31. The van der Waals surface area contributed by atoms with Gasteiger partial charge in [-0.25, -0.2) is 9.18 Å². The number of rotatable bonds is 11. The lowest BCUT2D eigenvalue weighted by Crippen LogP contribution is -2.44. The predicted octanol–water partition coefficient (Wildman–Crippen LogP) is 6.11. The van der Waals surface area contributed by atoms with E-state index in [9.17, 15) is 19.5 Å². The van der Waals surface area contributed by atoms with Crippen LogP contribution in [-0.2, 0) is 22.5 Å². The molecule has 2 aromatic carbocycles. The third-order valence-corrected chi connectivity index (χ3v) is 8.90. The number of amides is 2. The van der Waals surface area contributed by atoms with Gasteiger partial charge < -0.3 is 29.6 Å². The minimum Gasteiger partial charge on any atom is -0.465 e. The van der Waals surface area contributed by atoms with Gasteiger partial charge in [0.15, 0.2) is 0 Å². The van der Waals surface area contributed by atoms with Crippen LogP contribution in [0.5, 0.6) is 0 Å². The van der Waals surface area contributed by atoms with Gasteiger partial charge in [-0.15, -0.1) is 0 Å². The maximum absolute atomic E-state index is 15.1. The summed E-state index contributed by atoms with van der Waals surface area (Å²) < 4.78 is 22.5. The first-order valence-corrected chi connectivity index (χ1v) is 15.5. The van der Waals surface area contributed by atoms with Crippen LogP contribution in [0.1, 0.15) is 48.4 Å². The van der Waals surface area contributed by atoms with E-state index < -0.39 is 12.1 Å². The second kappa shape index (κ2) is 14.3. The number of benzene rings is 2. The van der Waals surface area contributed by atoms with Crippen LogP contribution in [0.4, 0.5) is 9.18 Å². The Labute approximate surface area is 266 Å². The Balaban J connectivity index is 1.33. The highest BCUT2D eigenvalue weighted by atomic mass is 35.5. The molecule has 4 aromatic rings. The molecule has 9 nitrogen and oxygen atoms in total. The number of aryl methyl sites for hydroxylation is 2. The van der Waals surface area contributed by atoms with Crippen molar-refractivity contribution in [2.45, 2.75) is 57.5 Å². The monoisotopic (exact) mass is 636 g/mol. The number of carbonyl (C=O) groups is 2. The van der Waals surface area contributed by atoms with Gasteiger partial charge in [-0.2, -0.15) is 0 Å². The SMILES string of the molecule is COCCCn1c(C2CCCN(C(=O)C[C@@H](Cc3ccc(-c4ccc(=O)[nH]c4)cc3)NC(=O)O)C2)c(C)c2c(F)ccc(Cl)c21. The van der Waals surface area contributed by atoms with Crippen molar-refractivity contribution in [2.75, 3.05) is 26.8 Å². The van der Waals surface area contributed by atoms with Gasteiger partial charge in [0.05, 0.1) is 10.5 Å². The third-order valence-electron chi connectivity index (χ3n) is 8.59. The normalized spacial score (nSPS) is 15.7. The van der Waals surface area contributed by atoms with E-state index in [1.54, 1.807) is 30.3 Å². The number of hydrogen-bond acceptors (Lipinski definition) is 4. The quantitative estimate of drug-likeness (QED) is 0.172. The number of aromatic amines is 1. The molecule has 2 atom stereocenters. The number of pyridine rings is 1. The summed E-state index contributed by atoms with van der Waals surface area (Å²) in [4.78, 5) is 41.2. The molecule has 1 fully saturated rings. The maximum atomic E-state index is 15.1. The highest BCUT2D eigenvalue weighted by molar-refractivity contribution is 6.35. The summed E-state index contributed by atoms with van der Waals surface area (Å²) in [5, 5.41) is 13.1. The molecule has 1 saturated heterocycles. The maximum Gasteiger partial charge on any atom is 0.404 e. The number of piperidine rings is 1. The minimum absolute atomic E-state index is 0.0109. The van der Waals surface area contributed by atoms with Crippen LogP contribution in [0.15, 0.2) is 59.5 Å². The summed E-state index contributed by atoms with van der Waals surface area (Å²) in [6, 6.07) is 13.2. The number of methoxy groups -OCH3 is 1. The first kappa shape index (κ1) is 32.2. The number of H-pyrrole nitrogens is 1. The van der Waals surface area contributed by atoms with E-state index in [0.29, 0.717) is 48.6 Å². The summed E-state index contributed by atoms with van der Waals surface area (Å²) in [5.41, 5.74) is 4.94. The number of carbonyl (C=O) groups excluding carboxylic acids is 1. The van der Waals surface area contributed by atoms with E-state index in [1.165, 1.54) is 12.1 Å². The molecule has 5 rings (SSSR count). The summed E-state index contributed by atoms with van der Waals surface area (Å²) in [5.74, 6) is -0.483. The summed E-state index contributed by atoms with van der Waals surface area (Å²) >= 11 is 6.61. The highest BCUT2D eigenvalue weighted by Crippen LogP contribution is 2.39. The van der Waals surface area contributed by atoms with Crippen LogP contribution in [-0.4, -0.2) is 64.4 Å². The number of halogens is 2. The molecule has 1 aliphatic rings. The molecule has 238 valence electrons. The molecule has 0 spiro atoms. The van der Waals surface area contributed by atoms with Gasteiger partial charge in [-0.1, -0.05) is 35.9 Å². The number of aromatic nitrogens is 2. The van der Waals surface area contributed by atoms with Gasteiger partial charge in [-0.05, 0) is 73.1 Å². The second-order valence-corrected chi connectivity index (χ2v) is 12.0. The number of hydrogen-bond donors (Lipinski definition) is 3. The van der Waals surface area contributed by atoms with Crippen molar-refractivity contribution < 1.29 is 23.8 Å². The zero-order valence-electron chi connectivity index (χ0n) is 25.4. The van der Waals surface area contributed by atoms with Gasteiger partial charge in [0.2, 0.25) is 11.5 Å². The lowest BCUT2D eigenvalue weighted by molar-refractivity contribution is -0.132. The van der Waals surface area contributed by atoms with E-state index in [4.69, 9.17) is 16.3 Å². The Morgan fingerprint density at radius 3 is 2.60 bits per heavy atom. The van der Waals surface area contributed by atoms with Gasteiger partial charge >= 0.3 is 6.09 Å². The van der Waals surface area contributed by atoms with E-state index in [2.05, 4.69) is 14.9 Å². The molecular weight excluding hydrogens is 599 g/mol. The van der Waals surface area contributed by atoms with E-state index >= 15 is 4.39 Å². The van der Waals surface area contributed by atoms with Gasteiger partial charge in [0.25, 0.3) is 0 Å². The van der Waals surface area contributed by atoms with Crippen molar-refractivity contribution in [3.63, 3.8) is 0 Å². The molecule has 3 heterocycles. The van der Waals surface area contributed by atoms with Crippen LogP contribution in [0, 0.1) is 12.7 Å². The average Bonchev–Trinajstić information content (AvgIpc) is 3.32. The van der Waals surface area contributed by atoms with Crippen molar-refractivity contribution in [1.82, 2.24) is 19.8 Å². The number of fused-ring (bicyclic) bond motifs is 1. The molecule has 0 bridgehead atoms. The van der Waals surface area contributed by atoms with Crippen LogP contribution >= 0.6 is 11.6 Å². The van der Waals surface area contributed by atoms with Crippen molar-refractivity contribution in [2.24, 2.45) is 0 Å². The molecule has 1 unspecified atom stereocenters. The Morgan fingerprint density at radius 2 is 1.91 bits per heavy atom. The Bertz CT molecular complexity index is 1710. The van der Waals surface area contributed by atoms with Crippen LogP contribution < -0.4 is 10.9 Å². The molecule has 1 aliphatic heterocycles. The molecule has 0 radical (unpaired) electrons. The molecule has 0 aliphatic carbocycles. The van der Waals surface area contributed by atoms with Crippen molar-refractivity contribution in [3.8, 4) is 11.1 Å². The smallest absolute Gasteiger partial charge is 0.404 e. The van der Waals surface area contributed by atoms with E-state index in [1.807, 2.05) is 31.2 Å². The fraction of sp³-hybridized carbons (Fsp3) is 0.382. The summed E-state index contributed by atoms with van der Waals surface area (Å²) in [6.45, 7) is 4.09. The third kappa shape index (κ3) is 7.40. The Hall–Kier alpha value is -4.15. The standard InChI is InChI=1S/C34H38ClFN4O5/c1-21-31-28(36)12-11-27(35)33(31)40(15-4-16-45-2)32(21)25-5-3-14-39(20-25)30(42)18-26(38-34(43)44)17-22-6-8-23(9-7-22)24-10-13-29(41)37-19-24/h6-13,19,25-26,38H,3-5,14-18,20H2,1-2H3,(H,37,41)(H,43,44)/t25?,26-/m1/s1. The lowest BCUT2D eigenvalue weighted by Gasteiger charge is -2.35. The fourth-order valence-corrected chi connectivity index (χ4v) is 6.82. The van der Waals surface area contributed by atoms with Gasteiger partial charge in [0.1, 0.15) is 5.82 Å². The van der Waals surface area contributed by atoms with E-state index in [0.717, 1.165) is 47.2 Å². The largest absolute Gasteiger partial charge is 0.465 e. The second-order valence-electron chi connectivity index (χ2n) is 11.6. The minimum atomic E-state index is -1.19. The molecule has 11 heteroatoms. The van der Waals surface area contributed by atoms with Gasteiger partial charge in [-0.3, -0.25) is 9.59 Å². The fourth-order valence-electron chi connectivity index (χ4n) is 6.56. The van der Waals surface area contributed by atoms with Crippen LogP contribution in [0.3, 0.4) is 0 Å². The molecule has 0 saturated carbocycles. The Kier molecular flexibility index (Phi) is 10.2. The number of nitrogens with one attached hydrogen (secondary N) is 2. The average molecular weight is 637 g/mol. The van der Waals surface area contributed by atoms with Crippen molar-refractivity contribution in [3.05, 3.63) is 92.7 Å². The molecule has 45 heavy (non-hydrogen) atoms. The number of nitrogens with zero attached hydrogens (tertiary/aromatic N) is 2. The summed E-state index contributed by atoms with van der Waals surface area (Å²) in [7, 11) is 1.65. The molecule has 2 amide bonds. The number of likely N-dealkylation sites (tertiary alicyclic amines) is 1. The van der Waals surface area contributed by atoms with Gasteiger partial charge in [0, 0.05) is 75.1 Å². The number of ether oxygens (including phenoxy) is 1. The first-order valence-electron chi connectivity index (χ1n) is 15.2. The Morgan fingerprint density at radius 1 is 1.16 bits per heavy atom.